The van der Waals surface area contributed by atoms with Gasteiger partial charge >= 0.3 is 5.97 Å². The summed E-state index contributed by atoms with van der Waals surface area (Å²) in [5.41, 5.74) is 1.03. The van der Waals surface area contributed by atoms with E-state index in [0.717, 1.165) is 0 Å². The summed E-state index contributed by atoms with van der Waals surface area (Å²) in [5, 5.41) is 18.3. The van der Waals surface area contributed by atoms with Gasteiger partial charge in [0, 0.05) is 4.47 Å². The van der Waals surface area contributed by atoms with E-state index in [4.69, 9.17) is 5.26 Å². The second-order valence-electron chi connectivity index (χ2n) is 5.29. The third-order valence-electron chi connectivity index (χ3n) is 3.46. The van der Waals surface area contributed by atoms with E-state index in [1.54, 1.807) is 36.4 Å². The van der Waals surface area contributed by atoms with Crippen LogP contribution in [0, 0.1) is 17.2 Å². The topological polar surface area (TPSA) is 95.2 Å². The average Bonchev–Trinajstić information content (AvgIpc) is 2.54. The highest BCUT2D eigenvalue weighted by Gasteiger charge is 2.27. The van der Waals surface area contributed by atoms with Crippen molar-refractivity contribution in [2.24, 2.45) is 5.92 Å². The molecule has 1 N–H and O–H groups in total. The summed E-state index contributed by atoms with van der Waals surface area (Å²) >= 11 is 3.21. The number of nitrogens with zero attached hydrogens (tertiary/aromatic N) is 1. The minimum absolute atomic E-state index is 0.0398. The highest BCUT2D eigenvalue weighted by Crippen LogP contribution is 2.21. The Morgan fingerprint density at radius 1 is 1.21 bits per heavy atom. The standard InChI is InChI=1S/C17H14BrNO4S/c18-15-5-2-6-16(9-15)24(22,23)11-14(17(20)21)8-12-3-1-4-13(7-12)10-19/h1-7,9,14H,8,11H2,(H,20,21). The maximum absolute atomic E-state index is 12.5. The lowest BCUT2D eigenvalue weighted by molar-refractivity contribution is -0.140. The van der Waals surface area contributed by atoms with Crippen LogP contribution < -0.4 is 0 Å². The Morgan fingerprint density at radius 2 is 1.92 bits per heavy atom. The van der Waals surface area contributed by atoms with Gasteiger partial charge in [-0.05, 0) is 42.3 Å². The van der Waals surface area contributed by atoms with Gasteiger partial charge in [0.05, 0.1) is 28.2 Å². The van der Waals surface area contributed by atoms with Crippen LogP contribution in [-0.2, 0) is 21.1 Å². The van der Waals surface area contributed by atoms with Gasteiger partial charge in [0.25, 0.3) is 0 Å². The molecule has 0 fully saturated rings. The molecule has 0 aliphatic carbocycles. The number of hydrogen-bond donors (Lipinski definition) is 1. The van der Waals surface area contributed by atoms with E-state index >= 15 is 0 Å². The fraction of sp³-hybridized carbons (Fsp3) is 0.176. The Balaban J connectivity index is 2.25. The maximum Gasteiger partial charge on any atom is 0.307 e. The first-order chi connectivity index (χ1) is 11.3. The third-order valence-corrected chi connectivity index (χ3v) is 5.77. The molecule has 1 atom stereocenters. The van der Waals surface area contributed by atoms with E-state index < -0.39 is 27.5 Å². The molecule has 0 saturated heterocycles. The maximum atomic E-state index is 12.5. The van der Waals surface area contributed by atoms with Gasteiger partial charge in [0.15, 0.2) is 9.84 Å². The zero-order chi connectivity index (χ0) is 17.7. The molecule has 2 aromatic rings. The number of carbonyl (C=O) groups is 1. The second-order valence-corrected chi connectivity index (χ2v) is 8.24. The van der Waals surface area contributed by atoms with Gasteiger partial charge in [-0.15, -0.1) is 0 Å². The van der Waals surface area contributed by atoms with Crippen molar-refractivity contribution in [1.29, 1.82) is 5.26 Å². The molecule has 0 heterocycles. The Kier molecular flexibility index (Phi) is 5.75. The zero-order valence-corrected chi connectivity index (χ0v) is 14.9. The number of aliphatic carboxylic acids is 1. The van der Waals surface area contributed by atoms with Crippen molar-refractivity contribution in [3.8, 4) is 6.07 Å². The molecule has 2 rings (SSSR count). The predicted octanol–water partition coefficient (Wildman–Crippen LogP) is 3.04. The molecule has 0 amide bonds. The van der Waals surface area contributed by atoms with Crippen molar-refractivity contribution in [3.63, 3.8) is 0 Å². The minimum Gasteiger partial charge on any atom is -0.481 e. The molecule has 0 spiro atoms. The number of benzene rings is 2. The number of halogens is 1. The van der Waals surface area contributed by atoms with Crippen LogP contribution in [0.2, 0.25) is 0 Å². The molecule has 2 aromatic carbocycles. The van der Waals surface area contributed by atoms with Crippen molar-refractivity contribution < 1.29 is 18.3 Å². The number of carboxylic acid groups (broad SMARTS) is 1. The van der Waals surface area contributed by atoms with Crippen LogP contribution in [-0.4, -0.2) is 25.2 Å². The zero-order valence-electron chi connectivity index (χ0n) is 12.5. The largest absolute Gasteiger partial charge is 0.481 e. The number of hydrogen-bond acceptors (Lipinski definition) is 4. The molecule has 0 aliphatic rings. The summed E-state index contributed by atoms with van der Waals surface area (Å²) in [6.07, 6.45) is 0.0398. The van der Waals surface area contributed by atoms with Gasteiger partial charge in [0.1, 0.15) is 0 Å². The lowest BCUT2D eigenvalue weighted by Gasteiger charge is -2.13. The molecular weight excluding hydrogens is 394 g/mol. The molecule has 5 nitrogen and oxygen atoms in total. The van der Waals surface area contributed by atoms with Gasteiger partial charge < -0.3 is 5.11 Å². The molecule has 0 bridgehead atoms. The molecule has 24 heavy (non-hydrogen) atoms. The Bertz CT molecular complexity index is 903. The van der Waals surface area contributed by atoms with E-state index in [2.05, 4.69) is 15.9 Å². The number of nitriles is 1. The number of rotatable bonds is 6. The van der Waals surface area contributed by atoms with Gasteiger partial charge in [-0.1, -0.05) is 34.1 Å². The Morgan fingerprint density at radius 3 is 2.54 bits per heavy atom. The molecule has 0 radical (unpaired) electrons. The summed E-state index contributed by atoms with van der Waals surface area (Å²) < 4.78 is 25.6. The van der Waals surface area contributed by atoms with Crippen LogP contribution in [0.15, 0.2) is 57.9 Å². The fourth-order valence-corrected chi connectivity index (χ4v) is 4.42. The first kappa shape index (κ1) is 18.2. The van der Waals surface area contributed by atoms with Gasteiger partial charge in [0.2, 0.25) is 0 Å². The summed E-state index contributed by atoms with van der Waals surface area (Å²) in [6, 6.07) is 14.7. The number of sulfone groups is 1. The Labute approximate surface area is 148 Å². The first-order valence-corrected chi connectivity index (χ1v) is 9.46. The fourth-order valence-electron chi connectivity index (χ4n) is 2.29. The molecular formula is C17H14BrNO4S. The summed E-state index contributed by atoms with van der Waals surface area (Å²) in [6.45, 7) is 0. The molecule has 1 unspecified atom stereocenters. The average molecular weight is 408 g/mol. The van der Waals surface area contributed by atoms with E-state index in [1.165, 1.54) is 12.1 Å². The summed E-state index contributed by atoms with van der Waals surface area (Å²) in [7, 11) is -3.74. The SMILES string of the molecule is N#Cc1cccc(CC(CS(=O)(=O)c2cccc(Br)c2)C(=O)O)c1. The lowest BCUT2D eigenvalue weighted by atomic mass is 10.00. The van der Waals surface area contributed by atoms with Gasteiger partial charge in [-0.25, -0.2) is 8.42 Å². The molecule has 0 aromatic heterocycles. The van der Waals surface area contributed by atoms with Crippen molar-refractivity contribution in [2.75, 3.05) is 5.75 Å². The van der Waals surface area contributed by atoms with Gasteiger partial charge in [-0.2, -0.15) is 5.26 Å². The van der Waals surface area contributed by atoms with Crippen molar-refractivity contribution in [1.82, 2.24) is 0 Å². The molecule has 124 valence electrons. The predicted molar refractivity (Wildman–Crippen MR) is 92.2 cm³/mol. The summed E-state index contributed by atoms with van der Waals surface area (Å²) in [5.74, 6) is -2.78. The highest BCUT2D eigenvalue weighted by molar-refractivity contribution is 9.10. The monoisotopic (exact) mass is 407 g/mol. The smallest absolute Gasteiger partial charge is 0.307 e. The lowest BCUT2D eigenvalue weighted by Crippen LogP contribution is -2.26. The second kappa shape index (κ2) is 7.60. The van der Waals surface area contributed by atoms with Gasteiger partial charge in [-0.3, -0.25) is 4.79 Å². The van der Waals surface area contributed by atoms with Crippen LogP contribution in [0.4, 0.5) is 0 Å². The quantitative estimate of drug-likeness (QED) is 0.793. The molecule has 0 saturated carbocycles. The van der Waals surface area contributed by atoms with Crippen LogP contribution in [0.25, 0.3) is 0 Å². The minimum atomic E-state index is -3.74. The third kappa shape index (κ3) is 4.66. The van der Waals surface area contributed by atoms with E-state index in [1.807, 2.05) is 6.07 Å². The van der Waals surface area contributed by atoms with Crippen LogP contribution in [0.5, 0.6) is 0 Å². The molecule has 0 aliphatic heterocycles. The highest BCUT2D eigenvalue weighted by atomic mass is 79.9. The number of carboxylic acids is 1. The normalized spacial score (nSPS) is 12.3. The van der Waals surface area contributed by atoms with Crippen LogP contribution >= 0.6 is 15.9 Å². The van der Waals surface area contributed by atoms with Crippen molar-refractivity contribution >= 4 is 31.7 Å². The first-order valence-electron chi connectivity index (χ1n) is 7.02. The van der Waals surface area contributed by atoms with Crippen molar-refractivity contribution in [3.05, 3.63) is 64.1 Å². The van der Waals surface area contributed by atoms with E-state index in [0.29, 0.717) is 15.6 Å². The molecule has 7 heteroatoms. The van der Waals surface area contributed by atoms with Crippen molar-refractivity contribution in [2.45, 2.75) is 11.3 Å². The van der Waals surface area contributed by atoms with E-state index in [-0.39, 0.29) is 11.3 Å². The van der Waals surface area contributed by atoms with Crippen LogP contribution in [0.1, 0.15) is 11.1 Å². The Hall–Kier alpha value is -2.17. The summed E-state index contributed by atoms with van der Waals surface area (Å²) in [4.78, 5) is 11.6. The van der Waals surface area contributed by atoms with E-state index in [9.17, 15) is 18.3 Å². The van der Waals surface area contributed by atoms with Crippen LogP contribution in [0.3, 0.4) is 0 Å².